The second kappa shape index (κ2) is 3.40. The third kappa shape index (κ3) is 1.99. The minimum Gasteiger partial charge on any atom is -0.386 e. The molecule has 0 aliphatic rings. The number of azide groups is 1. The van der Waals surface area contributed by atoms with Crippen molar-refractivity contribution in [3.63, 3.8) is 0 Å². The Kier molecular flexibility index (Phi) is 2.29. The summed E-state index contributed by atoms with van der Waals surface area (Å²) < 4.78 is 8.89. The van der Waals surface area contributed by atoms with Crippen LogP contribution < -0.4 is 4.74 Å². The molecule has 0 saturated heterocycles. The van der Waals surface area contributed by atoms with Gasteiger partial charge in [0, 0.05) is 16.1 Å². The summed E-state index contributed by atoms with van der Waals surface area (Å²) >= 11 is 0. The number of rotatable bonds is 1. The summed E-state index contributed by atoms with van der Waals surface area (Å²) in [5.74, 6) is -0.0927. The normalized spacial score (nSPS) is 8.75. The van der Waals surface area contributed by atoms with Crippen molar-refractivity contribution in [1.29, 1.82) is 0 Å². The maximum atomic E-state index is 10.5. The molecule has 0 aliphatic carbocycles. The van der Waals surface area contributed by atoms with Crippen LogP contribution in [0.5, 0.6) is 5.95 Å². The highest BCUT2D eigenvalue weighted by Crippen LogP contribution is 2.11. The number of amides is 1. The van der Waals surface area contributed by atoms with Gasteiger partial charge >= 0.3 is 12.0 Å². The standard InChI is InChI=1S/C5H4N4O3/c1-3-2-4(12-8-3)11-5(10)7-9-6/h2H,1H3. The molecule has 1 heterocycles. The molecule has 0 N–H and O–H groups in total. The summed E-state index contributed by atoms with van der Waals surface area (Å²) in [6.45, 7) is 1.66. The zero-order valence-electron chi connectivity index (χ0n) is 6.09. The molecule has 0 radical (unpaired) electrons. The number of carbonyl (C=O) groups is 1. The Morgan fingerprint density at radius 2 is 2.67 bits per heavy atom. The molecule has 1 rings (SSSR count). The van der Waals surface area contributed by atoms with E-state index < -0.39 is 6.09 Å². The molecule has 7 nitrogen and oxygen atoms in total. The van der Waals surface area contributed by atoms with Crippen molar-refractivity contribution in [3.8, 4) is 5.95 Å². The van der Waals surface area contributed by atoms with Gasteiger partial charge in [-0.1, -0.05) is 5.16 Å². The topological polar surface area (TPSA) is 101 Å². The summed E-state index contributed by atoms with van der Waals surface area (Å²) in [5, 5.41) is 6.10. The Balaban J connectivity index is 2.64. The van der Waals surface area contributed by atoms with E-state index in [4.69, 9.17) is 5.53 Å². The van der Waals surface area contributed by atoms with Gasteiger partial charge in [0.15, 0.2) is 0 Å². The van der Waals surface area contributed by atoms with Crippen LogP contribution in [0.3, 0.4) is 0 Å². The lowest BCUT2D eigenvalue weighted by Crippen LogP contribution is -1.98. The zero-order chi connectivity index (χ0) is 8.97. The highest BCUT2D eigenvalue weighted by molar-refractivity contribution is 5.70. The molecule has 0 aromatic carbocycles. The van der Waals surface area contributed by atoms with E-state index in [-0.39, 0.29) is 5.95 Å². The molecular formula is C5H4N4O3. The summed E-state index contributed by atoms with van der Waals surface area (Å²) in [7, 11) is 0. The van der Waals surface area contributed by atoms with Crippen molar-refractivity contribution in [2.75, 3.05) is 0 Å². The average Bonchev–Trinajstić information content (AvgIpc) is 2.36. The maximum Gasteiger partial charge on any atom is 0.404 e. The van der Waals surface area contributed by atoms with Gasteiger partial charge < -0.3 is 9.26 Å². The predicted molar refractivity (Wildman–Crippen MR) is 36.4 cm³/mol. The highest BCUT2D eigenvalue weighted by Gasteiger charge is 2.05. The van der Waals surface area contributed by atoms with Crippen molar-refractivity contribution in [2.45, 2.75) is 6.92 Å². The number of carbonyl (C=O) groups excluding carboxylic acids is 1. The van der Waals surface area contributed by atoms with Crippen molar-refractivity contribution in [2.24, 2.45) is 5.11 Å². The van der Waals surface area contributed by atoms with Crippen LogP contribution in [0.2, 0.25) is 0 Å². The van der Waals surface area contributed by atoms with Gasteiger partial charge in [0.25, 0.3) is 0 Å². The largest absolute Gasteiger partial charge is 0.404 e. The molecule has 0 spiro atoms. The van der Waals surface area contributed by atoms with Crippen LogP contribution in [-0.2, 0) is 0 Å². The number of hydrogen-bond acceptors (Lipinski definition) is 4. The molecule has 62 valence electrons. The summed E-state index contributed by atoms with van der Waals surface area (Å²) in [6.07, 6.45) is -1.08. The minimum absolute atomic E-state index is 0.0927. The third-order valence-corrected chi connectivity index (χ3v) is 0.921. The van der Waals surface area contributed by atoms with E-state index in [2.05, 4.69) is 24.4 Å². The summed E-state index contributed by atoms with van der Waals surface area (Å²) in [5.41, 5.74) is 8.40. The van der Waals surface area contributed by atoms with Crippen LogP contribution in [0.4, 0.5) is 4.79 Å². The van der Waals surface area contributed by atoms with Crippen LogP contribution >= 0.6 is 0 Å². The smallest absolute Gasteiger partial charge is 0.386 e. The van der Waals surface area contributed by atoms with Gasteiger partial charge in [-0.15, -0.1) is 0 Å². The fourth-order valence-corrected chi connectivity index (χ4v) is 0.531. The molecular weight excluding hydrogens is 164 g/mol. The first-order valence-electron chi connectivity index (χ1n) is 2.92. The van der Waals surface area contributed by atoms with E-state index in [1.807, 2.05) is 0 Å². The van der Waals surface area contributed by atoms with E-state index in [1.54, 1.807) is 6.92 Å². The minimum atomic E-state index is -1.08. The van der Waals surface area contributed by atoms with Gasteiger partial charge in [0.1, 0.15) is 0 Å². The third-order valence-electron chi connectivity index (χ3n) is 0.921. The number of ether oxygens (including phenoxy) is 1. The van der Waals surface area contributed by atoms with Gasteiger partial charge in [-0.05, 0) is 12.5 Å². The van der Waals surface area contributed by atoms with E-state index in [9.17, 15) is 4.79 Å². The lowest BCUT2D eigenvalue weighted by atomic mass is 10.5. The van der Waals surface area contributed by atoms with Gasteiger partial charge in [0.05, 0.1) is 5.69 Å². The molecule has 1 aromatic heterocycles. The first-order chi connectivity index (χ1) is 5.72. The Labute approximate surface area is 66.5 Å². The average molecular weight is 168 g/mol. The quantitative estimate of drug-likeness (QED) is 0.362. The van der Waals surface area contributed by atoms with Crippen LogP contribution in [0.25, 0.3) is 10.4 Å². The fraction of sp³-hybridized carbons (Fsp3) is 0.200. The van der Waals surface area contributed by atoms with Gasteiger partial charge in [-0.2, -0.15) is 0 Å². The molecule has 0 saturated carbocycles. The number of nitrogens with zero attached hydrogens (tertiary/aromatic N) is 4. The number of hydrogen-bond donors (Lipinski definition) is 0. The first kappa shape index (κ1) is 8.09. The molecule has 1 aromatic rings. The zero-order valence-corrected chi connectivity index (χ0v) is 6.09. The monoisotopic (exact) mass is 168 g/mol. The van der Waals surface area contributed by atoms with Crippen LogP contribution in [0, 0.1) is 6.92 Å². The maximum absolute atomic E-state index is 10.5. The van der Waals surface area contributed by atoms with Crippen molar-refractivity contribution >= 4 is 6.09 Å². The molecule has 0 aliphatic heterocycles. The SMILES string of the molecule is Cc1cc(OC(=O)N=[N+]=[N-])on1. The number of aromatic nitrogens is 1. The molecule has 0 unspecified atom stereocenters. The molecule has 0 fully saturated rings. The van der Waals surface area contributed by atoms with E-state index in [0.29, 0.717) is 5.69 Å². The molecule has 1 amide bonds. The molecule has 12 heavy (non-hydrogen) atoms. The van der Waals surface area contributed by atoms with Gasteiger partial charge in [0.2, 0.25) is 0 Å². The van der Waals surface area contributed by atoms with E-state index in [1.165, 1.54) is 6.07 Å². The van der Waals surface area contributed by atoms with Crippen molar-refractivity contribution in [1.82, 2.24) is 5.16 Å². The Bertz CT molecular complexity index is 338. The van der Waals surface area contributed by atoms with Gasteiger partial charge in [-0.25, -0.2) is 4.79 Å². The second-order valence-corrected chi connectivity index (χ2v) is 1.84. The Morgan fingerprint density at radius 1 is 1.92 bits per heavy atom. The predicted octanol–water partition coefficient (Wildman–Crippen LogP) is 1.79. The first-order valence-corrected chi connectivity index (χ1v) is 2.92. The highest BCUT2D eigenvalue weighted by atomic mass is 16.7. The lowest BCUT2D eigenvalue weighted by molar-refractivity contribution is 0.190. The van der Waals surface area contributed by atoms with Crippen molar-refractivity contribution < 1.29 is 14.1 Å². The second-order valence-electron chi connectivity index (χ2n) is 1.84. The van der Waals surface area contributed by atoms with Crippen LogP contribution in [-0.4, -0.2) is 11.2 Å². The number of aryl methyl sites for hydroxylation is 1. The Morgan fingerprint density at radius 3 is 3.17 bits per heavy atom. The van der Waals surface area contributed by atoms with E-state index >= 15 is 0 Å². The molecule has 7 heteroatoms. The van der Waals surface area contributed by atoms with Gasteiger partial charge in [-0.3, -0.25) is 0 Å². The molecule has 0 atom stereocenters. The van der Waals surface area contributed by atoms with Crippen LogP contribution in [0.15, 0.2) is 15.7 Å². The Hall–Kier alpha value is -2.01. The van der Waals surface area contributed by atoms with E-state index in [0.717, 1.165) is 0 Å². The fourth-order valence-electron chi connectivity index (χ4n) is 0.531. The summed E-state index contributed by atoms with van der Waals surface area (Å²) in [6, 6.07) is 1.39. The lowest BCUT2D eigenvalue weighted by Gasteiger charge is -1.89. The molecule has 0 bridgehead atoms. The summed E-state index contributed by atoms with van der Waals surface area (Å²) in [4.78, 5) is 12.7. The van der Waals surface area contributed by atoms with Crippen molar-refractivity contribution in [3.05, 3.63) is 22.2 Å². The van der Waals surface area contributed by atoms with Crippen LogP contribution in [0.1, 0.15) is 5.69 Å².